The standard InChI is InChI=1S/C55H41N/c1-4-14-43(15-5-1)40-44-26-24-41(25-27-44)28-32-45-34-38-54(52-22-12-10-20-50(45)52)55-39-35-46(51-21-11-13-23-53(51)55)33-29-42-30-36-49(37-31-42)56(47-16-6-2-7-17-47)48-18-8-3-9-19-48/h1-39H,40H2/b32-28+,33-29+. The minimum atomic E-state index is 0.945. The predicted molar refractivity (Wildman–Crippen MR) is 242 cm³/mol. The first kappa shape index (κ1) is 34.5. The molecule has 0 aliphatic carbocycles. The molecule has 0 N–H and O–H groups in total. The lowest BCUT2D eigenvalue weighted by atomic mass is 9.90. The van der Waals surface area contributed by atoms with E-state index in [-0.39, 0.29) is 0 Å². The molecule has 266 valence electrons. The molecule has 0 saturated heterocycles. The Bertz CT molecular complexity index is 2740. The van der Waals surface area contributed by atoms with Crippen LogP contribution in [0.1, 0.15) is 33.4 Å². The lowest BCUT2D eigenvalue weighted by molar-refractivity contribution is 1.19. The molecule has 1 nitrogen and oxygen atoms in total. The molecular weight excluding hydrogens is 675 g/mol. The Balaban J connectivity index is 0.984. The number of anilines is 3. The smallest absolute Gasteiger partial charge is 0.0462 e. The van der Waals surface area contributed by atoms with Gasteiger partial charge < -0.3 is 4.90 Å². The van der Waals surface area contributed by atoms with Gasteiger partial charge in [0.1, 0.15) is 0 Å². The maximum absolute atomic E-state index is 2.29. The third kappa shape index (κ3) is 7.44. The van der Waals surface area contributed by atoms with Crippen LogP contribution in [0.3, 0.4) is 0 Å². The van der Waals surface area contributed by atoms with Crippen LogP contribution in [0.2, 0.25) is 0 Å². The third-order valence-corrected chi connectivity index (χ3v) is 10.5. The van der Waals surface area contributed by atoms with Crippen LogP contribution in [-0.4, -0.2) is 0 Å². The number of nitrogens with zero attached hydrogens (tertiary/aromatic N) is 1. The van der Waals surface area contributed by atoms with Crippen LogP contribution in [0, 0.1) is 0 Å². The summed E-state index contributed by atoms with van der Waals surface area (Å²) in [7, 11) is 0. The van der Waals surface area contributed by atoms with Gasteiger partial charge in [-0.25, -0.2) is 0 Å². The first-order valence-electron chi connectivity index (χ1n) is 19.3. The molecule has 0 amide bonds. The molecular formula is C55H41N. The van der Waals surface area contributed by atoms with Gasteiger partial charge in [-0.05, 0) is 109 Å². The summed E-state index contributed by atoms with van der Waals surface area (Å²) in [4.78, 5) is 2.29. The quantitative estimate of drug-likeness (QED) is 0.127. The Labute approximate surface area is 329 Å². The second kappa shape index (κ2) is 16.0. The van der Waals surface area contributed by atoms with E-state index in [0.29, 0.717) is 0 Å². The predicted octanol–water partition coefficient (Wildman–Crippen LogP) is 15.1. The van der Waals surface area contributed by atoms with Crippen molar-refractivity contribution in [3.63, 3.8) is 0 Å². The summed E-state index contributed by atoms with van der Waals surface area (Å²) >= 11 is 0. The first-order valence-corrected chi connectivity index (χ1v) is 19.3. The number of para-hydroxylation sites is 2. The van der Waals surface area contributed by atoms with Crippen LogP contribution >= 0.6 is 0 Å². The van der Waals surface area contributed by atoms with Crippen LogP contribution in [0.25, 0.3) is 57.0 Å². The summed E-state index contributed by atoms with van der Waals surface area (Å²) in [6.45, 7) is 0. The zero-order valence-electron chi connectivity index (χ0n) is 31.2. The molecule has 0 atom stereocenters. The van der Waals surface area contributed by atoms with Gasteiger partial charge in [-0.2, -0.15) is 0 Å². The largest absolute Gasteiger partial charge is 0.311 e. The van der Waals surface area contributed by atoms with E-state index in [1.165, 1.54) is 60.5 Å². The maximum atomic E-state index is 2.29. The van der Waals surface area contributed by atoms with Crippen LogP contribution < -0.4 is 4.90 Å². The first-order chi connectivity index (χ1) is 27.8. The Morgan fingerprint density at radius 3 is 1.14 bits per heavy atom. The summed E-state index contributed by atoms with van der Waals surface area (Å²) in [5, 5.41) is 4.98. The summed E-state index contributed by atoms with van der Waals surface area (Å²) in [6.07, 6.45) is 9.88. The van der Waals surface area contributed by atoms with E-state index in [0.717, 1.165) is 29.0 Å². The van der Waals surface area contributed by atoms with Gasteiger partial charge in [0, 0.05) is 17.1 Å². The van der Waals surface area contributed by atoms with Crippen LogP contribution in [0.15, 0.2) is 212 Å². The van der Waals surface area contributed by atoms with Gasteiger partial charge in [0.2, 0.25) is 0 Å². The second-order valence-electron chi connectivity index (χ2n) is 14.2. The number of hydrogen-bond donors (Lipinski definition) is 0. The number of benzene rings is 9. The van der Waals surface area contributed by atoms with Gasteiger partial charge in [-0.1, -0.05) is 200 Å². The Kier molecular flexibility index (Phi) is 9.88. The average molecular weight is 716 g/mol. The second-order valence-corrected chi connectivity index (χ2v) is 14.2. The molecule has 56 heavy (non-hydrogen) atoms. The minimum Gasteiger partial charge on any atom is -0.311 e. The average Bonchev–Trinajstić information content (AvgIpc) is 3.27. The molecule has 9 aromatic rings. The van der Waals surface area contributed by atoms with E-state index in [1.807, 2.05) is 0 Å². The van der Waals surface area contributed by atoms with Crippen LogP contribution in [0.5, 0.6) is 0 Å². The molecule has 0 aliphatic rings. The van der Waals surface area contributed by atoms with Crippen molar-refractivity contribution >= 4 is 62.9 Å². The fourth-order valence-electron chi connectivity index (χ4n) is 7.69. The molecule has 0 saturated carbocycles. The SMILES string of the molecule is C(=C\c1ccc(-c2ccc(/C=C/c3ccc(N(c4ccccc4)c4ccccc4)cc3)c3ccccc23)c2ccccc12)/c1ccc(Cc2ccccc2)cc1. The van der Waals surface area contributed by atoms with E-state index < -0.39 is 0 Å². The van der Waals surface area contributed by atoms with E-state index in [1.54, 1.807) is 0 Å². The van der Waals surface area contributed by atoms with Gasteiger partial charge in [0.15, 0.2) is 0 Å². The van der Waals surface area contributed by atoms with Gasteiger partial charge in [-0.3, -0.25) is 0 Å². The molecule has 0 unspecified atom stereocenters. The zero-order chi connectivity index (χ0) is 37.5. The Morgan fingerprint density at radius 1 is 0.286 bits per heavy atom. The highest BCUT2D eigenvalue weighted by Gasteiger charge is 2.13. The van der Waals surface area contributed by atoms with Crippen molar-refractivity contribution in [2.75, 3.05) is 4.90 Å². The lowest BCUT2D eigenvalue weighted by Crippen LogP contribution is -2.09. The number of rotatable bonds is 10. The molecule has 0 heterocycles. The molecule has 9 rings (SSSR count). The normalized spacial score (nSPS) is 11.5. The van der Waals surface area contributed by atoms with E-state index in [9.17, 15) is 0 Å². The topological polar surface area (TPSA) is 3.24 Å². The van der Waals surface area contributed by atoms with Crippen molar-refractivity contribution in [3.05, 3.63) is 246 Å². The van der Waals surface area contributed by atoms with E-state index in [4.69, 9.17) is 0 Å². The molecule has 0 aliphatic heterocycles. The van der Waals surface area contributed by atoms with Gasteiger partial charge in [0.05, 0.1) is 0 Å². The monoisotopic (exact) mass is 715 g/mol. The molecule has 0 fully saturated rings. The molecule has 9 aromatic carbocycles. The summed E-state index contributed by atoms with van der Waals surface area (Å²) in [6, 6.07) is 76.1. The molecule has 0 radical (unpaired) electrons. The van der Waals surface area contributed by atoms with E-state index in [2.05, 4.69) is 242 Å². The minimum absolute atomic E-state index is 0.945. The number of fused-ring (bicyclic) bond motifs is 2. The molecule has 1 heteroatoms. The molecule has 0 aromatic heterocycles. The van der Waals surface area contributed by atoms with Crippen molar-refractivity contribution in [3.8, 4) is 11.1 Å². The lowest BCUT2D eigenvalue weighted by Gasteiger charge is -2.25. The summed E-state index contributed by atoms with van der Waals surface area (Å²) in [5.41, 5.74) is 13.3. The Hall–Kier alpha value is -7.22. The van der Waals surface area contributed by atoms with Crippen molar-refractivity contribution < 1.29 is 0 Å². The number of hydrogen-bond acceptors (Lipinski definition) is 1. The van der Waals surface area contributed by atoms with Crippen LogP contribution in [0.4, 0.5) is 17.1 Å². The summed E-state index contributed by atoms with van der Waals surface area (Å²) in [5.74, 6) is 0. The van der Waals surface area contributed by atoms with Gasteiger partial charge >= 0.3 is 0 Å². The van der Waals surface area contributed by atoms with E-state index >= 15 is 0 Å². The van der Waals surface area contributed by atoms with Crippen molar-refractivity contribution in [1.82, 2.24) is 0 Å². The highest BCUT2D eigenvalue weighted by Crippen LogP contribution is 2.38. The molecule has 0 spiro atoms. The zero-order valence-corrected chi connectivity index (χ0v) is 31.2. The highest BCUT2D eigenvalue weighted by molar-refractivity contribution is 6.09. The third-order valence-electron chi connectivity index (χ3n) is 10.5. The van der Waals surface area contributed by atoms with Gasteiger partial charge in [-0.15, -0.1) is 0 Å². The van der Waals surface area contributed by atoms with Crippen molar-refractivity contribution in [1.29, 1.82) is 0 Å². The van der Waals surface area contributed by atoms with Crippen molar-refractivity contribution in [2.45, 2.75) is 6.42 Å². The fourth-order valence-corrected chi connectivity index (χ4v) is 7.69. The maximum Gasteiger partial charge on any atom is 0.0462 e. The highest BCUT2D eigenvalue weighted by atomic mass is 15.1. The van der Waals surface area contributed by atoms with Gasteiger partial charge in [0.25, 0.3) is 0 Å². The Morgan fingerprint density at radius 2 is 0.661 bits per heavy atom. The molecule has 0 bridgehead atoms. The van der Waals surface area contributed by atoms with Crippen molar-refractivity contribution in [2.24, 2.45) is 0 Å². The fraction of sp³-hybridized carbons (Fsp3) is 0.0182. The van der Waals surface area contributed by atoms with Crippen LogP contribution in [-0.2, 0) is 6.42 Å². The summed E-state index contributed by atoms with van der Waals surface area (Å²) < 4.78 is 0.